The molecule has 0 saturated heterocycles. The number of sulfonamides is 1. The van der Waals surface area contributed by atoms with Gasteiger partial charge in [0.1, 0.15) is 23.8 Å². The first-order chi connectivity index (χ1) is 13.6. The van der Waals surface area contributed by atoms with Crippen LogP contribution in [0.15, 0.2) is 66.0 Å². The molecule has 3 N–H and O–H groups in total. The lowest BCUT2D eigenvalue weighted by molar-refractivity contribution is 0.583. The van der Waals surface area contributed by atoms with Gasteiger partial charge in [0.25, 0.3) is 0 Å². The summed E-state index contributed by atoms with van der Waals surface area (Å²) in [5.74, 6) is 1.77. The smallest absolute Gasteiger partial charge is 0.240 e. The SMILES string of the molecule is N#Cc1ccc(S(=O)(=O)NCCNc2cc(Nc3ccccn3)ncn2)cc1. The molecule has 0 aliphatic carbocycles. The van der Waals surface area contributed by atoms with E-state index >= 15 is 0 Å². The van der Waals surface area contributed by atoms with Crippen molar-refractivity contribution in [2.75, 3.05) is 23.7 Å². The summed E-state index contributed by atoms with van der Waals surface area (Å²) >= 11 is 0. The van der Waals surface area contributed by atoms with Crippen LogP contribution in [0.25, 0.3) is 0 Å². The quantitative estimate of drug-likeness (QED) is 0.492. The van der Waals surface area contributed by atoms with Gasteiger partial charge in [0, 0.05) is 25.4 Å². The van der Waals surface area contributed by atoms with Crippen LogP contribution in [0.2, 0.25) is 0 Å². The van der Waals surface area contributed by atoms with Crippen molar-refractivity contribution in [3.63, 3.8) is 0 Å². The Morgan fingerprint density at radius 2 is 1.71 bits per heavy atom. The van der Waals surface area contributed by atoms with Crippen molar-refractivity contribution >= 4 is 27.5 Å². The summed E-state index contributed by atoms with van der Waals surface area (Å²) in [7, 11) is -3.64. The van der Waals surface area contributed by atoms with E-state index in [1.807, 2.05) is 24.3 Å². The third-order valence-electron chi connectivity index (χ3n) is 3.61. The molecule has 3 rings (SSSR count). The number of rotatable bonds is 8. The average Bonchev–Trinajstić information content (AvgIpc) is 2.72. The Morgan fingerprint density at radius 1 is 0.929 bits per heavy atom. The third kappa shape index (κ3) is 5.23. The lowest BCUT2D eigenvalue weighted by Gasteiger charge is -2.09. The Kier molecular flexibility index (Phi) is 6.11. The van der Waals surface area contributed by atoms with Crippen molar-refractivity contribution in [2.24, 2.45) is 0 Å². The van der Waals surface area contributed by atoms with Crippen molar-refractivity contribution in [1.29, 1.82) is 5.26 Å². The van der Waals surface area contributed by atoms with Crippen molar-refractivity contribution < 1.29 is 8.42 Å². The Balaban J connectivity index is 1.52. The van der Waals surface area contributed by atoms with E-state index in [1.54, 1.807) is 12.3 Å². The standard InChI is InChI=1S/C18H17N7O2S/c19-12-14-4-6-15(7-5-14)28(26,27)24-10-9-21-17-11-18(23-13-22-17)25-16-3-1-2-8-20-16/h1-8,11,13,24H,9-10H2,(H2,20,21,22,23,25). The number of hydrogen-bond donors (Lipinski definition) is 3. The molecule has 0 atom stereocenters. The number of nitrogens with zero attached hydrogens (tertiary/aromatic N) is 4. The van der Waals surface area contributed by atoms with Crippen LogP contribution in [0.5, 0.6) is 0 Å². The lowest BCUT2D eigenvalue weighted by Crippen LogP contribution is -2.29. The molecule has 0 spiro atoms. The fraction of sp³-hybridized carbons (Fsp3) is 0.111. The first kappa shape index (κ1) is 19.2. The summed E-state index contributed by atoms with van der Waals surface area (Å²) in [6, 6.07) is 14.9. The van der Waals surface area contributed by atoms with Crippen LogP contribution in [0, 0.1) is 11.3 Å². The Bertz CT molecular complexity index is 1070. The highest BCUT2D eigenvalue weighted by atomic mass is 32.2. The Labute approximate surface area is 162 Å². The minimum absolute atomic E-state index is 0.107. The normalized spacial score (nSPS) is 10.8. The topological polar surface area (TPSA) is 133 Å². The largest absolute Gasteiger partial charge is 0.369 e. The van der Waals surface area contributed by atoms with Crippen molar-refractivity contribution in [3.8, 4) is 6.07 Å². The second kappa shape index (κ2) is 8.90. The molecule has 28 heavy (non-hydrogen) atoms. The molecule has 2 aromatic heterocycles. The van der Waals surface area contributed by atoms with Crippen LogP contribution in [0.3, 0.4) is 0 Å². The zero-order valence-electron chi connectivity index (χ0n) is 14.7. The molecule has 0 radical (unpaired) electrons. The molecule has 9 nitrogen and oxygen atoms in total. The minimum Gasteiger partial charge on any atom is -0.369 e. The maximum atomic E-state index is 12.2. The highest BCUT2D eigenvalue weighted by Gasteiger charge is 2.12. The number of pyridine rings is 1. The monoisotopic (exact) mass is 395 g/mol. The van der Waals surface area contributed by atoms with E-state index in [1.165, 1.54) is 30.6 Å². The van der Waals surface area contributed by atoms with Gasteiger partial charge in [0.2, 0.25) is 10.0 Å². The number of benzene rings is 1. The number of anilines is 3. The Morgan fingerprint density at radius 3 is 2.43 bits per heavy atom. The molecule has 1 aromatic carbocycles. The van der Waals surface area contributed by atoms with Gasteiger partial charge in [-0.05, 0) is 36.4 Å². The predicted molar refractivity (Wildman–Crippen MR) is 104 cm³/mol. The molecule has 3 aromatic rings. The molecular weight excluding hydrogens is 378 g/mol. The molecule has 142 valence electrons. The van der Waals surface area contributed by atoms with E-state index < -0.39 is 10.0 Å². The summed E-state index contributed by atoms with van der Waals surface area (Å²) in [5, 5.41) is 14.9. The van der Waals surface area contributed by atoms with Crippen LogP contribution in [-0.4, -0.2) is 36.5 Å². The molecule has 0 aliphatic rings. The van der Waals surface area contributed by atoms with E-state index in [0.717, 1.165) is 0 Å². The van der Waals surface area contributed by atoms with Crippen molar-refractivity contribution in [3.05, 3.63) is 66.6 Å². The average molecular weight is 395 g/mol. The number of nitrogens with one attached hydrogen (secondary N) is 3. The van der Waals surface area contributed by atoms with E-state index in [4.69, 9.17) is 5.26 Å². The van der Waals surface area contributed by atoms with Crippen molar-refractivity contribution in [2.45, 2.75) is 4.90 Å². The molecule has 10 heteroatoms. The first-order valence-electron chi connectivity index (χ1n) is 8.31. The van der Waals surface area contributed by atoms with Gasteiger partial charge in [0.05, 0.1) is 16.5 Å². The fourth-order valence-electron chi connectivity index (χ4n) is 2.26. The van der Waals surface area contributed by atoms with E-state index in [0.29, 0.717) is 29.6 Å². The zero-order chi connectivity index (χ0) is 19.8. The van der Waals surface area contributed by atoms with Gasteiger partial charge in [-0.15, -0.1) is 0 Å². The zero-order valence-corrected chi connectivity index (χ0v) is 15.5. The number of hydrogen-bond acceptors (Lipinski definition) is 8. The summed E-state index contributed by atoms with van der Waals surface area (Å²) < 4.78 is 27.0. The summed E-state index contributed by atoms with van der Waals surface area (Å²) in [4.78, 5) is 12.5. The molecule has 0 unspecified atom stereocenters. The van der Waals surface area contributed by atoms with Gasteiger partial charge in [-0.2, -0.15) is 5.26 Å². The molecule has 0 amide bonds. The maximum Gasteiger partial charge on any atom is 0.240 e. The van der Waals surface area contributed by atoms with Gasteiger partial charge in [-0.3, -0.25) is 0 Å². The molecule has 0 saturated carbocycles. The molecule has 0 aliphatic heterocycles. The maximum absolute atomic E-state index is 12.2. The molecule has 2 heterocycles. The highest BCUT2D eigenvalue weighted by Crippen LogP contribution is 2.13. The van der Waals surface area contributed by atoms with Gasteiger partial charge in [0.15, 0.2) is 0 Å². The second-order valence-electron chi connectivity index (χ2n) is 5.59. The minimum atomic E-state index is -3.64. The lowest BCUT2D eigenvalue weighted by atomic mass is 10.2. The molecule has 0 bridgehead atoms. The van der Waals surface area contributed by atoms with Crippen LogP contribution in [-0.2, 0) is 10.0 Å². The van der Waals surface area contributed by atoms with E-state index in [9.17, 15) is 8.42 Å². The van der Waals surface area contributed by atoms with Crippen molar-refractivity contribution in [1.82, 2.24) is 19.7 Å². The summed E-state index contributed by atoms with van der Waals surface area (Å²) in [6.07, 6.45) is 3.07. The van der Waals surface area contributed by atoms with Crippen LogP contribution in [0.1, 0.15) is 5.56 Å². The molecular formula is C18H17N7O2S. The van der Waals surface area contributed by atoms with E-state index in [2.05, 4.69) is 30.3 Å². The summed E-state index contributed by atoms with van der Waals surface area (Å²) in [5.41, 5.74) is 0.402. The second-order valence-corrected chi connectivity index (χ2v) is 7.36. The van der Waals surface area contributed by atoms with Crippen LogP contribution >= 0.6 is 0 Å². The van der Waals surface area contributed by atoms with Crippen LogP contribution < -0.4 is 15.4 Å². The number of nitriles is 1. The van der Waals surface area contributed by atoms with Gasteiger partial charge >= 0.3 is 0 Å². The predicted octanol–water partition coefficient (Wildman–Crippen LogP) is 1.88. The van der Waals surface area contributed by atoms with Gasteiger partial charge in [-0.25, -0.2) is 28.1 Å². The highest BCUT2D eigenvalue weighted by molar-refractivity contribution is 7.89. The summed E-state index contributed by atoms with van der Waals surface area (Å²) in [6.45, 7) is 0.491. The Hall–Kier alpha value is -3.55. The first-order valence-corrected chi connectivity index (χ1v) is 9.79. The van der Waals surface area contributed by atoms with Gasteiger partial charge in [-0.1, -0.05) is 6.07 Å². The molecule has 0 fully saturated rings. The van der Waals surface area contributed by atoms with E-state index in [-0.39, 0.29) is 11.4 Å². The van der Waals surface area contributed by atoms with Gasteiger partial charge < -0.3 is 10.6 Å². The fourth-order valence-corrected chi connectivity index (χ4v) is 3.29. The third-order valence-corrected chi connectivity index (χ3v) is 5.08. The van der Waals surface area contributed by atoms with Crippen LogP contribution in [0.4, 0.5) is 17.5 Å². The number of aromatic nitrogens is 3.